The van der Waals surface area contributed by atoms with Crippen LogP contribution < -0.4 is 15.8 Å². The van der Waals surface area contributed by atoms with E-state index in [2.05, 4.69) is 15.3 Å². The molecule has 0 aliphatic rings. The number of nitrogens with two attached hydrogens (primary N) is 1. The molecule has 3 N–H and O–H groups in total. The molecule has 0 spiro atoms. The topological polar surface area (TPSA) is 133 Å². The van der Waals surface area contributed by atoms with E-state index in [1.165, 1.54) is 36.7 Å². The highest BCUT2D eigenvalue weighted by Crippen LogP contribution is 2.18. The second-order valence-corrected chi connectivity index (χ2v) is 5.73. The van der Waals surface area contributed by atoms with Crippen molar-refractivity contribution < 1.29 is 14.5 Å². The van der Waals surface area contributed by atoms with Gasteiger partial charge in [0.05, 0.1) is 23.4 Å². The lowest BCUT2D eigenvalue weighted by atomic mass is 10.1. The zero-order chi connectivity index (χ0) is 19.3. The van der Waals surface area contributed by atoms with Gasteiger partial charge in [-0.15, -0.1) is 0 Å². The molecule has 9 heteroatoms. The summed E-state index contributed by atoms with van der Waals surface area (Å²) in [6.45, 7) is 5.28. The van der Waals surface area contributed by atoms with Gasteiger partial charge in [0, 0.05) is 23.4 Å². The fraction of sp³-hybridized carbons (Fsp3) is 0.235. The first kappa shape index (κ1) is 18.8. The first-order valence-electron chi connectivity index (χ1n) is 7.79. The van der Waals surface area contributed by atoms with Gasteiger partial charge in [-0.25, -0.2) is 0 Å². The number of nitrogens with one attached hydrogen (secondary N) is 1. The first-order valence-corrected chi connectivity index (χ1v) is 7.79. The van der Waals surface area contributed by atoms with Crippen LogP contribution in [0.25, 0.3) is 0 Å². The van der Waals surface area contributed by atoms with Crippen molar-refractivity contribution in [3.8, 4) is 5.88 Å². The lowest BCUT2D eigenvalue weighted by Gasteiger charge is -2.13. The number of carbonyl (C=O) groups is 1. The lowest BCUT2D eigenvalue weighted by molar-refractivity contribution is -0.384. The Morgan fingerprint density at radius 2 is 1.92 bits per heavy atom. The standard InChI is InChI=1S/C17H19N5O4/c1-10(2)26-15-9-19-8-14(20-15)21-16(11(3)18)17(23)12-4-6-13(7-5-12)22(24)25/h4-10H,18H2,1-3H3,(H,20,21)/b16-11+. The number of carbonyl (C=O) groups excluding carboxylic acids is 1. The Morgan fingerprint density at radius 3 is 2.46 bits per heavy atom. The predicted molar refractivity (Wildman–Crippen MR) is 95.7 cm³/mol. The Bertz CT molecular complexity index is 842. The lowest BCUT2D eigenvalue weighted by Crippen LogP contribution is -2.18. The molecule has 136 valence electrons. The first-order chi connectivity index (χ1) is 12.3. The van der Waals surface area contributed by atoms with E-state index in [9.17, 15) is 14.9 Å². The Labute approximate surface area is 150 Å². The summed E-state index contributed by atoms with van der Waals surface area (Å²) in [6, 6.07) is 5.26. The molecule has 0 atom stereocenters. The highest BCUT2D eigenvalue weighted by atomic mass is 16.6. The number of nitrogens with zero attached hydrogens (tertiary/aromatic N) is 3. The minimum Gasteiger partial charge on any atom is -0.474 e. The van der Waals surface area contributed by atoms with Crippen LogP contribution in [0.15, 0.2) is 48.1 Å². The van der Waals surface area contributed by atoms with Gasteiger partial charge in [0.2, 0.25) is 11.7 Å². The molecule has 0 fully saturated rings. The van der Waals surface area contributed by atoms with Gasteiger partial charge in [0.25, 0.3) is 5.69 Å². The number of hydrogen-bond donors (Lipinski definition) is 2. The largest absolute Gasteiger partial charge is 0.474 e. The molecule has 0 aliphatic heterocycles. The quantitative estimate of drug-likeness (QED) is 0.334. The average molecular weight is 357 g/mol. The third-order valence-corrected chi connectivity index (χ3v) is 3.18. The van der Waals surface area contributed by atoms with Crippen molar-refractivity contribution in [2.45, 2.75) is 26.9 Å². The average Bonchev–Trinajstić information content (AvgIpc) is 2.58. The van der Waals surface area contributed by atoms with E-state index in [0.717, 1.165) is 0 Å². The number of allylic oxidation sites excluding steroid dienone is 2. The van der Waals surface area contributed by atoms with Crippen molar-refractivity contribution in [2.24, 2.45) is 5.73 Å². The van der Waals surface area contributed by atoms with Crippen LogP contribution in [0.5, 0.6) is 5.88 Å². The highest BCUT2D eigenvalue weighted by Gasteiger charge is 2.17. The number of rotatable bonds is 7. The number of aromatic nitrogens is 2. The summed E-state index contributed by atoms with van der Waals surface area (Å²) >= 11 is 0. The van der Waals surface area contributed by atoms with Crippen molar-refractivity contribution in [2.75, 3.05) is 5.32 Å². The molecule has 9 nitrogen and oxygen atoms in total. The second kappa shape index (κ2) is 8.06. The number of ketones is 1. The van der Waals surface area contributed by atoms with E-state index in [1.54, 1.807) is 6.92 Å². The molecule has 0 unspecified atom stereocenters. The summed E-state index contributed by atoms with van der Waals surface area (Å²) in [5.74, 6) is 0.178. The smallest absolute Gasteiger partial charge is 0.269 e. The minimum absolute atomic E-state index is 0.0763. The van der Waals surface area contributed by atoms with Gasteiger partial charge in [-0.2, -0.15) is 4.98 Å². The van der Waals surface area contributed by atoms with Crippen LogP contribution in [0.4, 0.5) is 11.5 Å². The van der Waals surface area contributed by atoms with Crippen molar-refractivity contribution in [1.29, 1.82) is 0 Å². The van der Waals surface area contributed by atoms with Gasteiger partial charge >= 0.3 is 0 Å². The van der Waals surface area contributed by atoms with E-state index in [4.69, 9.17) is 10.5 Å². The molecule has 0 saturated carbocycles. The molecule has 2 rings (SSSR count). The van der Waals surface area contributed by atoms with Gasteiger partial charge in [-0.1, -0.05) is 0 Å². The van der Waals surface area contributed by atoms with Gasteiger partial charge in [-0.3, -0.25) is 19.9 Å². The molecule has 2 aromatic rings. The Kier molecular flexibility index (Phi) is 5.84. The molecule has 0 aliphatic carbocycles. The number of Topliss-reactive ketones (excluding diaryl/α,β-unsaturated/α-hetero) is 1. The van der Waals surface area contributed by atoms with Crippen LogP contribution in [0.1, 0.15) is 31.1 Å². The van der Waals surface area contributed by atoms with Crippen LogP contribution in [0.2, 0.25) is 0 Å². The number of nitro benzene ring substituents is 1. The summed E-state index contributed by atoms with van der Waals surface area (Å²) in [5.41, 5.74) is 6.33. The van der Waals surface area contributed by atoms with Crippen LogP contribution >= 0.6 is 0 Å². The molecular weight excluding hydrogens is 338 g/mol. The third-order valence-electron chi connectivity index (χ3n) is 3.18. The number of benzene rings is 1. The zero-order valence-corrected chi connectivity index (χ0v) is 14.6. The van der Waals surface area contributed by atoms with Crippen LogP contribution in [-0.2, 0) is 0 Å². The van der Waals surface area contributed by atoms with Gasteiger partial charge in [-0.05, 0) is 32.9 Å². The summed E-state index contributed by atoms with van der Waals surface area (Å²) in [5, 5.41) is 13.6. The number of anilines is 1. The molecule has 0 amide bonds. The molecular formula is C17H19N5O4. The van der Waals surface area contributed by atoms with E-state index >= 15 is 0 Å². The molecule has 0 bridgehead atoms. The van der Waals surface area contributed by atoms with Gasteiger partial charge in [0.15, 0.2) is 5.82 Å². The fourth-order valence-electron chi connectivity index (χ4n) is 2.05. The summed E-state index contributed by atoms with van der Waals surface area (Å²) in [7, 11) is 0. The van der Waals surface area contributed by atoms with E-state index < -0.39 is 10.7 Å². The van der Waals surface area contributed by atoms with Crippen molar-refractivity contribution >= 4 is 17.3 Å². The predicted octanol–water partition coefficient (Wildman–Crippen LogP) is 2.66. The number of non-ortho nitro benzene ring substituents is 1. The highest BCUT2D eigenvalue weighted by molar-refractivity contribution is 6.10. The van der Waals surface area contributed by atoms with Gasteiger partial charge in [0.1, 0.15) is 5.70 Å². The Balaban J connectivity index is 2.25. The van der Waals surface area contributed by atoms with Crippen LogP contribution in [-0.4, -0.2) is 26.8 Å². The van der Waals surface area contributed by atoms with Crippen molar-refractivity contribution in [3.63, 3.8) is 0 Å². The third kappa shape index (κ3) is 4.76. The van der Waals surface area contributed by atoms with Crippen LogP contribution in [0.3, 0.4) is 0 Å². The maximum atomic E-state index is 12.7. The van der Waals surface area contributed by atoms with Crippen molar-refractivity contribution in [1.82, 2.24) is 9.97 Å². The number of hydrogen-bond acceptors (Lipinski definition) is 8. The fourth-order valence-corrected chi connectivity index (χ4v) is 2.05. The van der Waals surface area contributed by atoms with Crippen LogP contribution in [0, 0.1) is 10.1 Å². The van der Waals surface area contributed by atoms with E-state index in [-0.39, 0.29) is 28.7 Å². The summed E-state index contributed by atoms with van der Waals surface area (Å²) in [6.07, 6.45) is 2.81. The SMILES string of the molecule is C/C(N)=C(\Nc1cncc(OC(C)C)n1)C(=O)c1ccc([N+](=O)[O-])cc1. The number of nitro groups is 1. The minimum atomic E-state index is -0.534. The maximum Gasteiger partial charge on any atom is 0.269 e. The summed E-state index contributed by atoms with van der Waals surface area (Å²) in [4.78, 5) is 31.1. The molecule has 0 radical (unpaired) electrons. The monoisotopic (exact) mass is 357 g/mol. The number of ether oxygens (including phenoxy) is 1. The van der Waals surface area contributed by atoms with E-state index in [0.29, 0.717) is 11.7 Å². The normalized spacial score (nSPS) is 11.7. The molecule has 1 heterocycles. The van der Waals surface area contributed by atoms with Crippen molar-refractivity contribution in [3.05, 3.63) is 63.7 Å². The molecule has 26 heavy (non-hydrogen) atoms. The van der Waals surface area contributed by atoms with Gasteiger partial charge < -0.3 is 15.8 Å². The molecule has 1 aromatic carbocycles. The maximum absolute atomic E-state index is 12.7. The Morgan fingerprint density at radius 1 is 1.27 bits per heavy atom. The zero-order valence-electron chi connectivity index (χ0n) is 14.6. The Hall–Kier alpha value is -3.49. The summed E-state index contributed by atoms with van der Waals surface area (Å²) < 4.78 is 5.47. The molecule has 0 saturated heterocycles. The molecule has 1 aromatic heterocycles. The second-order valence-electron chi connectivity index (χ2n) is 5.73. The van der Waals surface area contributed by atoms with E-state index in [1.807, 2.05) is 13.8 Å².